The maximum absolute atomic E-state index is 12.2. The SMILES string of the molecule is Cc1nc(N2CCCC2)nc(C)c1NC(=O)C1CCCO1. The Bertz CT molecular complexity index is 511. The molecule has 1 amide bonds. The average molecular weight is 290 g/mol. The standard InChI is InChI=1S/C15H22N4O2/c1-10-13(18-14(20)12-6-5-9-21-12)11(2)17-15(16-10)19-7-3-4-8-19/h12H,3-9H2,1-2H3,(H,18,20). The van der Waals surface area contributed by atoms with Crippen molar-refractivity contribution in [3.8, 4) is 0 Å². The molecule has 3 heterocycles. The van der Waals surface area contributed by atoms with Gasteiger partial charge in [0.2, 0.25) is 5.95 Å². The van der Waals surface area contributed by atoms with E-state index in [-0.39, 0.29) is 12.0 Å². The Morgan fingerprint density at radius 1 is 1.19 bits per heavy atom. The van der Waals surface area contributed by atoms with Gasteiger partial charge in [-0.15, -0.1) is 0 Å². The number of carbonyl (C=O) groups excluding carboxylic acids is 1. The zero-order valence-corrected chi connectivity index (χ0v) is 12.7. The molecule has 0 saturated carbocycles. The summed E-state index contributed by atoms with van der Waals surface area (Å²) >= 11 is 0. The molecule has 2 saturated heterocycles. The molecule has 2 fully saturated rings. The van der Waals surface area contributed by atoms with E-state index in [9.17, 15) is 4.79 Å². The maximum Gasteiger partial charge on any atom is 0.253 e. The Balaban J connectivity index is 1.77. The van der Waals surface area contributed by atoms with E-state index in [1.54, 1.807) is 0 Å². The molecule has 1 atom stereocenters. The first-order valence-electron chi connectivity index (χ1n) is 7.68. The lowest BCUT2D eigenvalue weighted by molar-refractivity contribution is -0.124. The fourth-order valence-corrected chi connectivity index (χ4v) is 2.93. The van der Waals surface area contributed by atoms with Crippen molar-refractivity contribution in [1.29, 1.82) is 0 Å². The third kappa shape index (κ3) is 3.00. The molecule has 0 radical (unpaired) electrons. The molecule has 1 aromatic rings. The normalized spacial score (nSPS) is 21.8. The number of rotatable bonds is 3. The highest BCUT2D eigenvalue weighted by molar-refractivity contribution is 5.95. The molecule has 1 aromatic heterocycles. The minimum absolute atomic E-state index is 0.0868. The van der Waals surface area contributed by atoms with Crippen molar-refractivity contribution >= 4 is 17.5 Å². The number of hydrogen-bond acceptors (Lipinski definition) is 5. The summed E-state index contributed by atoms with van der Waals surface area (Å²) in [4.78, 5) is 23.5. The molecule has 3 rings (SSSR count). The minimum atomic E-state index is -0.331. The highest BCUT2D eigenvalue weighted by atomic mass is 16.5. The molecule has 0 spiro atoms. The summed E-state index contributed by atoms with van der Waals surface area (Å²) in [6.07, 6.45) is 3.79. The van der Waals surface area contributed by atoms with Gasteiger partial charge in [0.15, 0.2) is 0 Å². The molecule has 1 unspecified atom stereocenters. The second kappa shape index (κ2) is 5.97. The summed E-state index contributed by atoms with van der Waals surface area (Å²) in [5.41, 5.74) is 2.35. The van der Waals surface area contributed by atoms with Crippen molar-refractivity contribution in [3.05, 3.63) is 11.4 Å². The molecule has 6 heteroatoms. The number of amides is 1. The third-order valence-corrected chi connectivity index (χ3v) is 4.12. The number of nitrogens with one attached hydrogen (secondary N) is 1. The van der Waals surface area contributed by atoms with Crippen LogP contribution in [-0.4, -0.2) is 41.7 Å². The summed E-state index contributed by atoms with van der Waals surface area (Å²) in [5.74, 6) is 0.689. The van der Waals surface area contributed by atoms with Crippen LogP contribution in [0.5, 0.6) is 0 Å². The first-order chi connectivity index (χ1) is 10.1. The first-order valence-corrected chi connectivity index (χ1v) is 7.68. The van der Waals surface area contributed by atoms with Crippen LogP contribution in [0.3, 0.4) is 0 Å². The lowest BCUT2D eigenvalue weighted by Crippen LogP contribution is -2.28. The van der Waals surface area contributed by atoms with Crippen LogP contribution in [0.1, 0.15) is 37.1 Å². The lowest BCUT2D eigenvalue weighted by Gasteiger charge is -2.19. The molecular weight excluding hydrogens is 268 g/mol. The second-order valence-electron chi connectivity index (χ2n) is 5.75. The third-order valence-electron chi connectivity index (χ3n) is 4.12. The van der Waals surface area contributed by atoms with Crippen molar-refractivity contribution in [1.82, 2.24) is 9.97 Å². The molecule has 1 N–H and O–H groups in total. The summed E-state index contributed by atoms with van der Waals surface area (Å²) in [6.45, 7) is 6.53. The lowest BCUT2D eigenvalue weighted by atomic mass is 10.2. The topological polar surface area (TPSA) is 67.4 Å². The molecule has 21 heavy (non-hydrogen) atoms. The Kier molecular flexibility index (Phi) is 4.05. The van der Waals surface area contributed by atoms with E-state index >= 15 is 0 Å². The van der Waals surface area contributed by atoms with Gasteiger partial charge in [-0.25, -0.2) is 9.97 Å². The van der Waals surface area contributed by atoms with Gasteiger partial charge in [-0.05, 0) is 39.5 Å². The van der Waals surface area contributed by atoms with Gasteiger partial charge >= 0.3 is 0 Å². The summed E-state index contributed by atoms with van der Waals surface area (Å²) in [5, 5.41) is 2.93. The Morgan fingerprint density at radius 3 is 2.43 bits per heavy atom. The van der Waals surface area contributed by atoms with Gasteiger partial charge in [-0.2, -0.15) is 0 Å². The van der Waals surface area contributed by atoms with E-state index < -0.39 is 0 Å². The average Bonchev–Trinajstić information content (AvgIpc) is 3.14. The Morgan fingerprint density at radius 2 is 1.86 bits per heavy atom. The van der Waals surface area contributed by atoms with Gasteiger partial charge in [-0.1, -0.05) is 0 Å². The number of aromatic nitrogens is 2. The van der Waals surface area contributed by atoms with Gasteiger partial charge in [-0.3, -0.25) is 4.79 Å². The Labute approximate surface area is 124 Å². The van der Waals surface area contributed by atoms with Crippen molar-refractivity contribution in [2.45, 2.75) is 45.6 Å². The zero-order chi connectivity index (χ0) is 14.8. The number of ether oxygens (including phenoxy) is 1. The number of aryl methyl sites for hydroxylation is 2. The maximum atomic E-state index is 12.2. The van der Waals surface area contributed by atoms with E-state index in [0.717, 1.165) is 49.0 Å². The second-order valence-corrected chi connectivity index (χ2v) is 5.75. The van der Waals surface area contributed by atoms with Gasteiger partial charge in [0, 0.05) is 19.7 Å². The molecule has 2 aliphatic heterocycles. The van der Waals surface area contributed by atoms with Gasteiger partial charge in [0.1, 0.15) is 6.10 Å². The van der Waals surface area contributed by atoms with Gasteiger partial charge in [0.25, 0.3) is 5.91 Å². The molecule has 0 aliphatic carbocycles. The van der Waals surface area contributed by atoms with Crippen LogP contribution in [-0.2, 0) is 9.53 Å². The number of anilines is 2. The fraction of sp³-hybridized carbons (Fsp3) is 0.667. The van der Waals surface area contributed by atoms with Crippen molar-refractivity contribution < 1.29 is 9.53 Å². The van der Waals surface area contributed by atoms with Crippen LogP contribution in [0, 0.1) is 13.8 Å². The van der Waals surface area contributed by atoms with Crippen molar-refractivity contribution in [2.24, 2.45) is 0 Å². The fourth-order valence-electron chi connectivity index (χ4n) is 2.93. The van der Waals surface area contributed by atoms with Crippen molar-refractivity contribution in [3.63, 3.8) is 0 Å². The molecule has 114 valence electrons. The largest absolute Gasteiger partial charge is 0.368 e. The van der Waals surface area contributed by atoms with E-state index in [1.165, 1.54) is 12.8 Å². The van der Waals surface area contributed by atoms with E-state index in [4.69, 9.17) is 4.74 Å². The van der Waals surface area contributed by atoms with E-state index in [1.807, 2.05) is 13.8 Å². The van der Waals surface area contributed by atoms with Gasteiger partial charge in [0.05, 0.1) is 17.1 Å². The number of hydrogen-bond donors (Lipinski definition) is 1. The molecule has 0 aromatic carbocycles. The minimum Gasteiger partial charge on any atom is -0.368 e. The predicted octanol–water partition coefficient (Wildman–Crippen LogP) is 1.81. The molecular formula is C15H22N4O2. The Hall–Kier alpha value is -1.69. The molecule has 2 aliphatic rings. The van der Waals surface area contributed by atoms with Crippen LogP contribution < -0.4 is 10.2 Å². The predicted molar refractivity (Wildman–Crippen MR) is 80.6 cm³/mol. The first kappa shape index (κ1) is 14.3. The summed E-state index contributed by atoms with van der Waals surface area (Å²) in [6, 6.07) is 0. The number of carbonyl (C=O) groups is 1. The van der Waals surface area contributed by atoms with E-state index in [0.29, 0.717) is 6.61 Å². The van der Waals surface area contributed by atoms with Gasteiger partial charge < -0.3 is 15.0 Å². The smallest absolute Gasteiger partial charge is 0.253 e. The quantitative estimate of drug-likeness (QED) is 0.919. The van der Waals surface area contributed by atoms with Crippen LogP contribution in [0.25, 0.3) is 0 Å². The van der Waals surface area contributed by atoms with Crippen LogP contribution in [0.15, 0.2) is 0 Å². The highest BCUT2D eigenvalue weighted by Gasteiger charge is 2.25. The van der Waals surface area contributed by atoms with Crippen LogP contribution in [0.4, 0.5) is 11.6 Å². The zero-order valence-electron chi connectivity index (χ0n) is 12.7. The molecule has 0 bridgehead atoms. The van der Waals surface area contributed by atoms with Crippen LogP contribution >= 0.6 is 0 Å². The number of nitrogens with zero attached hydrogens (tertiary/aromatic N) is 3. The summed E-state index contributed by atoms with van der Waals surface area (Å²) in [7, 11) is 0. The van der Waals surface area contributed by atoms with E-state index in [2.05, 4.69) is 20.2 Å². The summed E-state index contributed by atoms with van der Waals surface area (Å²) < 4.78 is 5.41. The van der Waals surface area contributed by atoms with Crippen LogP contribution in [0.2, 0.25) is 0 Å². The highest BCUT2D eigenvalue weighted by Crippen LogP contribution is 2.24. The van der Waals surface area contributed by atoms with Crippen molar-refractivity contribution in [2.75, 3.05) is 29.9 Å². The monoisotopic (exact) mass is 290 g/mol. The molecule has 6 nitrogen and oxygen atoms in total.